The number of carbonyl (C=O) groups excluding carboxylic acids is 2. The molecule has 7 heteroatoms. The topological polar surface area (TPSA) is 85.9 Å². The van der Waals surface area contributed by atoms with Gasteiger partial charge in [-0.1, -0.05) is 26.0 Å². The Hall–Kier alpha value is -3.06. The summed E-state index contributed by atoms with van der Waals surface area (Å²) in [6, 6.07) is 14.3. The number of carbonyl (C=O) groups is 2. The molecule has 184 valence electrons. The molecule has 2 amide bonds. The molecule has 1 aliphatic heterocycles. The van der Waals surface area contributed by atoms with Crippen LogP contribution in [0.2, 0.25) is 0 Å². The monoisotopic (exact) mass is 468 g/mol. The zero-order chi connectivity index (χ0) is 24.6. The number of hydrogen-bond acceptors (Lipinski definition) is 5. The number of hydrogen-bond donors (Lipinski definition) is 2. The Morgan fingerprint density at radius 1 is 1.00 bits per heavy atom. The van der Waals surface area contributed by atoms with Crippen LogP contribution in [0.25, 0.3) is 0 Å². The predicted molar refractivity (Wildman–Crippen MR) is 131 cm³/mol. The number of benzene rings is 2. The van der Waals surface area contributed by atoms with E-state index in [-0.39, 0.29) is 23.1 Å². The van der Waals surface area contributed by atoms with Crippen LogP contribution in [0.4, 0.5) is 0 Å². The molecular weight excluding hydrogens is 432 g/mol. The van der Waals surface area contributed by atoms with Crippen LogP contribution in [0, 0.1) is 5.92 Å². The molecule has 34 heavy (non-hydrogen) atoms. The average Bonchev–Trinajstić information content (AvgIpc) is 2.86. The number of ether oxygens (including phenoxy) is 3. The average molecular weight is 469 g/mol. The first kappa shape index (κ1) is 25.6. The predicted octanol–water partition coefficient (Wildman–Crippen LogP) is 3.71. The van der Waals surface area contributed by atoms with Gasteiger partial charge in [0.25, 0.3) is 5.91 Å². The SMILES string of the molecule is CCOc1ccc(C2(CNC(=O)C(NC(=O)c3ccc(OC)cc3)C(C)C)CCOCC2)cc1. The summed E-state index contributed by atoms with van der Waals surface area (Å²) in [5, 5.41) is 6.03. The Bertz CT molecular complexity index is 934. The van der Waals surface area contributed by atoms with E-state index in [0.717, 1.165) is 24.2 Å². The van der Waals surface area contributed by atoms with Crippen LogP contribution < -0.4 is 20.1 Å². The Balaban J connectivity index is 1.70. The van der Waals surface area contributed by atoms with Gasteiger partial charge in [-0.3, -0.25) is 9.59 Å². The molecule has 2 aromatic rings. The smallest absolute Gasteiger partial charge is 0.251 e. The van der Waals surface area contributed by atoms with Crippen LogP contribution in [-0.2, 0) is 14.9 Å². The van der Waals surface area contributed by atoms with E-state index in [4.69, 9.17) is 14.2 Å². The van der Waals surface area contributed by atoms with Gasteiger partial charge < -0.3 is 24.8 Å². The maximum Gasteiger partial charge on any atom is 0.251 e. The highest BCUT2D eigenvalue weighted by Gasteiger charge is 2.36. The Labute approximate surface area is 202 Å². The van der Waals surface area contributed by atoms with Crippen molar-refractivity contribution < 1.29 is 23.8 Å². The number of rotatable bonds is 10. The van der Waals surface area contributed by atoms with Gasteiger partial charge in [-0.25, -0.2) is 0 Å². The molecule has 0 aromatic heterocycles. The highest BCUT2D eigenvalue weighted by molar-refractivity contribution is 5.97. The van der Waals surface area contributed by atoms with Crippen LogP contribution in [0.15, 0.2) is 48.5 Å². The number of amides is 2. The molecule has 2 aromatic carbocycles. The summed E-state index contributed by atoms with van der Waals surface area (Å²) < 4.78 is 16.3. The van der Waals surface area contributed by atoms with Gasteiger partial charge in [0.05, 0.1) is 13.7 Å². The van der Waals surface area contributed by atoms with Gasteiger partial charge in [0, 0.05) is 30.7 Å². The Kier molecular flexibility index (Phi) is 8.93. The third-order valence-corrected chi connectivity index (χ3v) is 6.42. The lowest BCUT2D eigenvalue weighted by atomic mass is 9.74. The molecule has 1 aliphatic rings. The maximum atomic E-state index is 13.2. The Morgan fingerprint density at radius 2 is 1.62 bits per heavy atom. The zero-order valence-electron chi connectivity index (χ0n) is 20.6. The van der Waals surface area contributed by atoms with E-state index < -0.39 is 6.04 Å². The van der Waals surface area contributed by atoms with Crippen molar-refractivity contribution >= 4 is 11.8 Å². The summed E-state index contributed by atoms with van der Waals surface area (Å²) in [4.78, 5) is 26.0. The fourth-order valence-electron chi connectivity index (χ4n) is 4.27. The molecule has 1 saturated heterocycles. The van der Waals surface area contributed by atoms with Crippen LogP contribution >= 0.6 is 0 Å². The molecule has 7 nitrogen and oxygen atoms in total. The van der Waals surface area contributed by atoms with E-state index in [1.807, 2.05) is 32.9 Å². The van der Waals surface area contributed by atoms with Gasteiger partial charge in [0.1, 0.15) is 17.5 Å². The summed E-state index contributed by atoms with van der Waals surface area (Å²) in [6.45, 7) is 8.19. The van der Waals surface area contributed by atoms with E-state index in [2.05, 4.69) is 22.8 Å². The minimum absolute atomic E-state index is 0.0710. The normalized spacial score (nSPS) is 15.9. The first-order valence-corrected chi connectivity index (χ1v) is 11.9. The van der Waals surface area contributed by atoms with Crippen LogP contribution in [-0.4, -0.2) is 51.3 Å². The molecule has 0 saturated carbocycles. The Morgan fingerprint density at radius 3 is 2.18 bits per heavy atom. The fourth-order valence-corrected chi connectivity index (χ4v) is 4.27. The van der Waals surface area contributed by atoms with Gasteiger partial charge in [0.15, 0.2) is 0 Å². The maximum absolute atomic E-state index is 13.2. The van der Waals surface area contributed by atoms with Crippen molar-refractivity contribution in [3.05, 3.63) is 59.7 Å². The molecule has 0 spiro atoms. The van der Waals surface area contributed by atoms with E-state index in [1.54, 1.807) is 31.4 Å². The lowest BCUT2D eigenvalue weighted by Crippen LogP contribution is -2.53. The standard InChI is InChI=1S/C27H36N2O5/c1-5-34-23-12-8-21(9-13-23)27(14-16-33-17-15-27)18-28-26(31)24(19(2)3)29-25(30)20-6-10-22(32-4)11-7-20/h6-13,19,24H,5,14-18H2,1-4H3,(H,28,31)(H,29,30). The summed E-state index contributed by atoms with van der Waals surface area (Å²) in [5.74, 6) is 0.958. The number of nitrogens with one attached hydrogen (secondary N) is 2. The summed E-state index contributed by atoms with van der Waals surface area (Å²) in [6.07, 6.45) is 1.62. The third-order valence-electron chi connectivity index (χ3n) is 6.42. The second-order valence-electron chi connectivity index (χ2n) is 8.99. The quantitative estimate of drug-likeness (QED) is 0.555. The minimum Gasteiger partial charge on any atom is -0.497 e. The zero-order valence-corrected chi connectivity index (χ0v) is 20.6. The molecule has 0 bridgehead atoms. The molecule has 2 N–H and O–H groups in total. The van der Waals surface area contributed by atoms with E-state index in [1.165, 1.54) is 0 Å². The van der Waals surface area contributed by atoms with Crippen molar-refractivity contribution in [2.75, 3.05) is 33.5 Å². The summed E-state index contributed by atoms with van der Waals surface area (Å²) in [7, 11) is 1.58. The molecule has 3 rings (SSSR count). The molecular formula is C27H36N2O5. The summed E-state index contributed by atoms with van der Waals surface area (Å²) >= 11 is 0. The fraction of sp³-hybridized carbons (Fsp3) is 0.481. The van der Waals surface area contributed by atoms with Crippen molar-refractivity contribution in [3.63, 3.8) is 0 Å². The van der Waals surface area contributed by atoms with Gasteiger partial charge in [-0.15, -0.1) is 0 Å². The van der Waals surface area contributed by atoms with Crippen LogP contribution in [0.5, 0.6) is 11.5 Å². The molecule has 1 atom stereocenters. The van der Waals surface area contributed by atoms with E-state index >= 15 is 0 Å². The molecule has 0 aliphatic carbocycles. The van der Waals surface area contributed by atoms with Crippen molar-refractivity contribution in [1.82, 2.24) is 10.6 Å². The lowest BCUT2D eigenvalue weighted by Gasteiger charge is -2.38. The number of methoxy groups -OCH3 is 1. The molecule has 1 heterocycles. The third kappa shape index (κ3) is 6.29. The van der Waals surface area contributed by atoms with Crippen molar-refractivity contribution in [3.8, 4) is 11.5 Å². The molecule has 1 fully saturated rings. The van der Waals surface area contributed by atoms with Crippen LogP contribution in [0.1, 0.15) is 49.5 Å². The van der Waals surface area contributed by atoms with Gasteiger partial charge >= 0.3 is 0 Å². The first-order chi connectivity index (χ1) is 16.4. The highest BCUT2D eigenvalue weighted by atomic mass is 16.5. The lowest BCUT2D eigenvalue weighted by molar-refractivity contribution is -0.124. The van der Waals surface area contributed by atoms with Crippen molar-refractivity contribution in [1.29, 1.82) is 0 Å². The minimum atomic E-state index is -0.646. The van der Waals surface area contributed by atoms with Gasteiger partial charge in [0.2, 0.25) is 5.91 Å². The van der Waals surface area contributed by atoms with E-state index in [9.17, 15) is 9.59 Å². The van der Waals surface area contributed by atoms with Crippen molar-refractivity contribution in [2.45, 2.75) is 45.1 Å². The second-order valence-corrected chi connectivity index (χ2v) is 8.99. The second kappa shape index (κ2) is 11.9. The van der Waals surface area contributed by atoms with Gasteiger partial charge in [-0.05, 0) is 67.6 Å². The molecule has 1 unspecified atom stereocenters. The largest absolute Gasteiger partial charge is 0.497 e. The van der Waals surface area contributed by atoms with Crippen molar-refractivity contribution in [2.24, 2.45) is 5.92 Å². The highest BCUT2D eigenvalue weighted by Crippen LogP contribution is 2.35. The first-order valence-electron chi connectivity index (χ1n) is 11.9. The van der Waals surface area contributed by atoms with Gasteiger partial charge in [-0.2, -0.15) is 0 Å². The van der Waals surface area contributed by atoms with E-state index in [0.29, 0.717) is 37.7 Å². The molecule has 0 radical (unpaired) electrons. The summed E-state index contributed by atoms with van der Waals surface area (Å²) in [5.41, 5.74) is 1.41. The van der Waals surface area contributed by atoms with Crippen LogP contribution in [0.3, 0.4) is 0 Å².